The van der Waals surface area contributed by atoms with Crippen LogP contribution >= 0.6 is 23.2 Å². The van der Waals surface area contributed by atoms with Crippen molar-refractivity contribution in [1.29, 1.82) is 0 Å². The van der Waals surface area contributed by atoms with Crippen molar-refractivity contribution in [2.24, 2.45) is 5.73 Å². The monoisotopic (exact) mass is 505 g/mol. The zero-order valence-electron chi connectivity index (χ0n) is 19.4. The highest BCUT2D eigenvalue weighted by atomic mass is 35.5. The highest BCUT2D eigenvalue weighted by Gasteiger charge is 2.25. The first kappa shape index (κ1) is 24.9. The predicted molar refractivity (Wildman–Crippen MR) is 135 cm³/mol. The van der Waals surface area contributed by atoms with Crippen LogP contribution in [0.4, 0.5) is 4.39 Å². The summed E-state index contributed by atoms with van der Waals surface area (Å²) in [6.45, 7) is 5.74. The van der Waals surface area contributed by atoms with Gasteiger partial charge in [0.2, 0.25) is 0 Å². The third-order valence-electron chi connectivity index (χ3n) is 6.23. The highest BCUT2D eigenvalue weighted by molar-refractivity contribution is 6.36. The third-order valence-corrected chi connectivity index (χ3v) is 6.95. The molecule has 2 aromatic rings. The van der Waals surface area contributed by atoms with Crippen molar-refractivity contribution >= 4 is 28.8 Å². The summed E-state index contributed by atoms with van der Waals surface area (Å²) in [5.74, 6) is 0.836. The van der Waals surface area contributed by atoms with Crippen LogP contribution in [0.3, 0.4) is 0 Å². The van der Waals surface area contributed by atoms with Crippen LogP contribution in [0.25, 0.3) is 5.57 Å². The Morgan fingerprint density at radius 3 is 2.53 bits per heavy atom. The second-order valence-electron chi connectivity index (χ2n) is 8.68. The molecule has 0 bridgehead atoms. The van der Waals surface area contributed by atoms with Gasteiger partial charge in [-0.1, -0.05) is 35.3 Å². The molecule has 182 valence electrons. The van der Waals surface area contributed by atoms with Crippen LogP contribution in [0.1, 0.15) is 37.0 Å². The average molecular weight is 506 g/mol. The Labute approximate surface area is 210 Å². The minimum absolute atomic E-state index is 0.0468. The van der Waals surface area contributed by atoms with Crippen molar-refractivity contribution < 1.29 is 13.9 Å². The number of halogens is 3. The summed E-state index contributed by atoms with van der Waals surface area (Å²) in [4.78, 5) is 4.30. The molecule has 4 rings (SSSR count). The van der Waals surface area contributed by atoms with E-state index in [0.29, 0.717) is 23.0 Å². The molecule has 8 heteroatoms. The fourth-order valence-corrected chi connectivity index (χ4v) is 4.94. The summed E-state index contributed by atoms with van der Waals surface area (Å²) in [6.07, 6.45) is 5.33. The standard InChI is InChI=1S/C26H30Cl2FN3O2/c1-17(24-21(27)9-10-22(29)25(24)28)34-23-15-19(16-31(2)26(23)30)18-5-7-20(8-6-18)33-14-13-32-11-3-4-12-32/h5-10,15-17,26H,3-4,11-14,30H2,1-2H3. The lowest BCUT2D eigenvalue weighted by molar-refractivity contribution is 0.0970. The van der Waals surface area contributed by atoms with Gasteiger partial charge in [0.1, 0.15) is 36.2 Å². The lowest BCUT2D eigenvalue weighted by Crippen LogP contribution is -2.40. The van der Waals surface area contributed by atoms with Gasteiger partial charge in [-0.25, -0.2) is 4.39 Å². The Morgan fingerprint density at radius 2 is 1.82 bits per heavy atom. The molecule has 34 heavy (non-hydrogen) atoms. The Balaban J connectivity index is 1.45. The molecule has 2 N–H and O–H groups in total. The maximum absolute atomic E-state index is 14.0. The second-order valence-corrected chi connectivity index (χ2v) is 9.47. The number of allylic oxidation sites excluding steroid dienone is 2. The van der Waals surface area contributed by atoms with Crippen LogP contribution in [0.5, 0.6) is 5.75 Å². The zero-order chi connectivity index (χ0) is 24.2. The highest BCUT2D eigenvalue weighted by Crippen LogP contribution is 2.37. The van der Waals surface area contributed by atoms with E-state index in [4.69, 9.17) is 38.4 Å². The summed E-state index contributed by atoms with van der Waals surface area (Å²) >= 11 is 12.4. The molecule has 0 amide bonds. The third kappa shape index (κ3) is 5.69. The Kier molecular flexibility index (Phi) is 8.04. The van der Waals surface area contributed by atoms with E-state index in [9.17, 15) is 4.39 Å². The summed E-state index contributed by atoms with van der Waals surface area (Å²) in [6, 6.07) is 10.7. The molecular formula is C26H30Cl2FN3O2. The van der Waals surface area contributed by atoms with Crippen LogP contribution in [-0.2, 0) is 4.74 Å². The fourth-order valence-electron chi connectivity index (χ4n) is 4.26. The van der Waals surface area contributed by atoms with Gasteiger partial charge in [-0.05, 0) is 68.8 Å². The van der Waals surface area contributed by atoms with Crippen molar-refractivity contribution in [1.82, 2.24) is 9.80 Å². The second kappa shape index (κ2) is 11.0. The molecular weight excluding hydrogens is 476 g/mol. The number of hydrogen-bond acceptors (Lipinski definition) is 5. The molecule has 2 aliphatic rings. The van der Waals surface area contributed by atoms with Gasteiger partial charge in [0.15, 0.2) is 0 Å². The minimum Gasteiger partial charge on any atom is -0.492 e. The molecule has 1 saturated heterocycles. The lowest BCUT2D eigenvalue weighted by Gasteiger charge is -2.32. The van der Waals surface area contributed by atoms with Crippen molar-refractivity contribution in [2.75, 3.05) is 33.3 Å². The van der Waals surface area contributed by atoms with Gasteiger partial charge in [-0.3, -0.25) is 4.90 Å². The molecule has 5 nitrogen and oxygen atoms in total. The predicted octanol–water partition coefficient (Wildman–Crippen LogP) is 5.84. The van der Waals surface area contributed by atoms with E-state index in [0.717, 1.165) is 23.4 Å². The van der Waals surface area contributed by atoms with E-state index in [1.54, 1.807) is 6.92 Å². The number of ether oxygens (including phenoxy) is 2. The van der Waals surface area contributed by atoms with Crippen LogP contribution in [0.2, 0.25) is 10.0 Å². The zero-order valence-corrected chi connectivity index (χ0v) is 21.0. The van der Waals surface area contributed by atoms with E-state index in [2.05, 4.69) is 4.90 Å². The van der Waals surface area contributed by atoms with Crippen LogP contribution < -0.4 is 10.5 Å². The van der Waals surface area contributed by atoms with Crippen LogP contribution in [-0.4, -0.2) is 49.3 Å². The molecule has 2 atom stereocenters. The molecule has 2 aromatic carbocycles. The molecule has 2 heterocycles. The van der Waals surface area contributed by atoms with Crippen LogP contribution in [0.15, 0.2) is 54.4 Å². The van der Waals surface area contributed by atoms with Crippen molar-refractivity contribution in [3.05, 3.63) is 81.4 Å². The average Bonchev–Trinajstić information content (AvgIpc) is 3.33. The topological polar surface area (TPSA) is 51.0 Å². The van der Waals surface area contributed by atoms with Crippen LogP contribution in [0, 0.1) is 5.82 Å². The maximum atomic E-state index is 14.0. The number of likely N-dealkylation sites (N-methyl/N-ethyl adjacent to an activating group) is 1. The SMILES string of the molecule is CC(OC1=CC(c2ccc(OCCN3CCCC3)cc2)=CN(C)C1N)c1c(Cl)ccc(F)c1Cl. The number of likely N-dealkylation sites (tertiary alicyclic amines) is 1. The van der Waals surface area contributed by atoms with E-state index >= 15 is 0 Å². The Bertz CT molecular complexity index is 1070. The maximum Gasteiger partial charge on any atom is 0.142 e. The number of hydrogen-bond donors (Lipinski definition) is 1. The van der Waals surface area contributed by atoms with Gasteiger partial charge in [0.05, 0.1) is 5.02 Å². The van der Waals surface area contributed by atoms with Crippen molar-refractivity contribution in [2.45, 2.75) is 32.0 Å². The molecule has 0 aromatic heterocycles. The fraction of sp³-hybridized carbons (Fsp3) is 0.385. The number of nitrogens with zero attached hydrogens (tertiary/aromatic N) is 2. The van der Waals surface area contributed by atoms with Gasteiger partial charge < -0.3 is 20.1 Å². The molecule has 0 spiro atoms. The Morgan fingerprint density at radius 1 is 1.12 bits per heavy atom. The molecule has 0 radical (unpaired) electrons. The van der Waals surface area contributed by atoms with Crippen molar-refractivity contribution in [3.63, 3.8) is 0 Å². The minimum atomic E-state index is -0.591. The number of nitrogens with two attached hydrogens (primary N) is 1. The molecule has 2 unspecified atom stereocenters. The summed E-state index contributed by atoms with van der Waals surface area (Å²) in [7, 11) is 1.88. The summed E-state index contributed by atoms with van der Waals surface area (Å²) < 4.78 is 26.1. The molecule has 0 aliphatic carbocycles. The quantitative estimate of drug-likeness (QED) is 0.456. The van der Waals surface area contributed by atoms with E-state index in [-0.39, 0.29) is 5.02 Å². The largest absolute Gasteiger partial charge is 0.492 e. The first-order valence-electron chi connectivity index (χ1n) is 11.5. The van der Waals surface area contributed by atoms with E-state index < -0.39 is 18.1 Å². The number of rotatable bonds is 8. The summed E-state index contributed by atoms with van der Waals surface area (Å²) in [5, 5.41) is 0.294. The smallest absolute Gasteiger partial charge is 0.142 e. The van der Waals surface area contributed by atoms with Gasteiger partial charge in [0.25, 0.3) is 0 Å². The summed E-state index contributed by atoms with van der Waals surface area (Å²) in [5.41, 5.74) is 8.68. The molecule has 2 aliphatic heterocycles. The van der Waals surface area contributed by atoms with Gasteiger partial charge in [-0.15, -0.1) is 0 Å². The first-order chi connectivity index (χ1) is 16.3. The molecule has 1 fully saturated rings. The molecule has 0 saturated carbocycles. The van der Waals surface area contributed by atoms with Gasteiger partial charge >= 0.3 is 0 Å². The van der Waals surface area contributed by atoms with E-state index in [1.807, 2.05) is 48.5 Å². The van der Waals surface area contributed by atoms with Gasteiger partial charge in [0, 0.05) is 36.0 Å². The number of benzene rings is 2. The van der Waals surface area contributed by atoms with E-state index in [1.165, 1.54) is 38.1 Å². The van der Waals surface area contributed by atoms with Gasteiger partial charge in [-0.2, -0.15) is 0 Å². The van der Waals surface area contributed by atoms with Crippen molar-refractivity contribution in [3.8, 4) is 5.75 Å². The lowest BCUT2D eigenvalue weighted by atomic mass is 10.0. The first-order valence-corrected chi connectivity index (χ1v) is 12.3. The Hall–Kier alpha value is -2.25. The normalized spacial score (nSPS) is 19.6.